The van der Waals surface area contributed by atoms with Crippen LogP contribution >= 0.6 is 34.8 Å². The zero-order valence-electron chi connectivity index (χ0n) is 11.1. The van der Waals surface area contributed by atoms with Gasteiger partial charge in [-0.15, -0.1) is 0 Å². The third-order valence-electron chi connectivity index (χ3n) is 3.27. The molecule has 0 aliphatic carbocycles. The van der Waals surface area contributed by atoms with Crippen molar-refractivity contribution in [2.75, 3.05) is 12.4 Å². The van der Waals surface area contributed by atoms with Crippen molar-refractivity contribution in [3.05, 3.63) is 57.5 Å². The van der Waals surface area contributed by atoms with Gasteiger partial charge in [0.15, 0.2) is 0 Å². The number of pyridine rings is 1. The van der Waals surface area contributed by atoms with Crippen LogP contribution in [0.25, 0.3) is 22.2 Å². The maximum absolute atomic E-state index is 6.31. The largest absolute Gasteiger partial charge is 0.387 e. The smallest absolute Gasteiger partial charge is 0.0932 e. The third kappa shape index (κ3) is 2.55. The SMILES string of the molecule is CNc1cc(-c2ccccc2)nc2c(Cl)cc(Cl)c(Cl)c12. The number of benzene rings is 2. The summed E-state index contributed by atoms with van der Waals surface area (Å²) >= 11 is 18.7. The summed E-state index contributed by atoms with van der Waals surface area (Å²) in [4.78, 5) is 4.64. The minimum Gasteiger partial charge on any atom is -0.387 e. The third-order valence-corrected chi connectivity index (χ3v) is 4.34. The summed E-state index contributed by atoms with van der Waals surface area (Å²) in [5, 5.41) is 5.21. The maximum atomic E-state index is 6.31. The minimum atomic E-state index is 0.417. The van der Waals surface area contributed by atoms with Crippen molar-refractivity contribution < 1.29 is 0 Å². The molecule has 3 rings (SSSR count). The van der Waals surface area contributed by atoms with E-state index in [1.54, 1.807) is 6.07 Å². The number of halogens is 3. The van der Waals surface area contributed by atoms with E-state index in [-0.39, 0.29) is 0 Å². The van der Waals surface area contributed by atoms with E-state index in [1.807, 2.05) is 43.4 Å². The summed E-state index contributed by atoms with van der Waals surface area (Å²) in [6.45, 7) is 0. The molecule has 1 aromatic heterocycles. The number of fused-ring (bicyclic) bond motifs is 1. The highest BCUT2D eigenvalue weighted by Crippen LogP contribution is 2.40. The molecule has 0 aliphatic rings. The Hall–Kier alpha value is -1.48. The molecule has 106 valence electrons. The van der Waals surface area contributed by atoms with E-state index in [0.29, 0.717) is 20.6 Å². The molecule has 21 heavy (non-hydrogen) atoms. The van der Waals surface area contributed by atoms with Gasteiger partial charge in [0.2, 0.25) is 0 Å². The van der Waals surface area contributed by atoms with Crippen LogP contribution in [0.2, 0.25) is 15.1 Å². The number of rotatable bonds is 2. The molecule has 3 aromatic rings. The van der Waals surface area contributed by atoms with Crippen LogP contribution in [0.15, 0.2) is 42.5 Å². The molecular weight excluding hydrogens is 327 g/mol. The Labute approximate surface area is 137 Å². The fraction of sp³-hybridized carbons (Fsp3) is 0.0625. The Kier molecular flexibility index (Phi) is 3.94. The van der Waals surface area contributed by atoms with Crippen molar-refractivity contribution in [3.8, 4) is 11.3 Å². The molecule has 0 fully saturated rings. The van der Waals surface area contributed by atoms with E-state index in [1.165, 1.54) is 0 Å². The van der Waals surface area contributed by atoms with Gasteiger partial charge < -0.3 is 5.32 Å². The number of anilines is 1. The molecule has 2 nitrogen and oxygen atoms in total. The Morgan fingerprint density at radius 3 is 2.33 bits per heavy atom. The molecule has 0 atom stereocenters. The zero-order valence-corrected chi connectivity index (χ0v) is 13.4. The molecular formula is C16H11Cl3N2. The van der Waals surface area contributed by atoms with Gasteiger partial charge in [-0.25, -0.2) is 4.98 Å². The Balaban J connectivity index is 2.38. The Bertz CT molecular complexity index is 817. The van der Waals surface area contributed by atoms with Crippen LogP contribution in [0.1, 0.15) is 0 Å². The van der Waals surface area contributed by atoms with Crippen molar-refractivity contribution in [2.45, 2.75) is 0 Å². The van der Waals surface area contributed by atoms with Crippen LogP contribution in [0, 0.1) is 0 Å². The van der Waals surface area contributed by atoms with Crippen LogP contribution in [0.3, 0.4) is 0 Å². The lowest BCUT2D eigenvalue weighted by atomic mass is 10.1. The average Bonchev–Trinajstić information content (AvgIpc) is 2.52. The number of nitrogens with one attached hydrogen (secondary N) is 1. The molecule has 0 amide bonds. The summed E-state index contributed by atoms with van der Waals surface area (Å²) < 4.78 is 0. The first-order valence-electron chi connectivity index (χ1n) is 6.33. The van der Waals surface area contributed by atoms with E-state index in [4.69, 9.17) is 34.8 Å². The molecule has 1 N–H and O–H groups in total. The summed E-state index contributed by atoms with van der Waals surface area (Å²) in [7, 11) is 1.83. The lowest BCUT2D eigenvalue weighted by molar-refractivity contribution is 1.38. The van der Waals surface area contributed by atoms with Crippen molar-refractivity contribution in [2.24, 2.45) is 0 Å². The van der Waals surface area contributed by atoms with Crippen LogP contribution in [0.5, 0.6) is 0 Å². The van der Waals surface area contributed by atoms with Crippen molar-refractivity contribution in [1.82, 2.24) is 4.98 Å². The van der Waals surface area contributed by atoms with E-state index >= 15 is 0 Å². The maximum Gasteiger partial charge on any atom is 0.0932 e. The average molecular weight is 338 g/mol. The predicted molar refractivity (Wildman–Crippen MR) is 91.8 cm³/mol. The van der Waals surface area contributed by atoms with Crippen molar-refractivity contribution >= 4 is 51.4 Å². The molecule has 0 unspecified atom stereocenters. The first kappa shape index (κ1) is 14.5. The van der Waals surface area contributed by atoms with Gasteiger partial charge in [-0.3, -0.25) is 0 Å². The van der Waals surface area contributed by atoms with Crippen LogP contribution in [-0.2, 0) is 0 Å². The van der Waals surface area contributed by atoms with Gasteiger partial charge in [0.1, 0.15) is 0 Å². The van der Waals surface area contributed by atoms with E-state index in [9.17, 15) is 0 Å². The van der Waals surface area contributed by atoms with Crippen molar-refractivity contribution in [3.63, 3.8) is 0 Å². The lowest BCUT2D eigenvalue weighted by Gasteiger charge is -2.12. The molecule has 0 radical (unpaired) electrons. The molecule has 0 spiro atoms. The zero-order chi connectivity index (χ0) is 15.0. The first-order valence-corrected chi connectivity index (χ1v) is 7.46. The topological polar surface area (TPSA) is 24.9 Å². The normalized spacial score (nSPS) is 10.9. The van der Waals surface area contributed by atoms with Crippen LogP contribution in [-0.4, -0.2) is 12.0 Å². The molecule has 0 aliphatic heterocycles. The van der Waals surface area contributed by atoms with Gasteiger partial charge in [0.05, 0.1) is 26.3 Å². The second-order valence-corrected chi connectivity index (χ2v) is 5.74. The van der Waals surface area contributed by atoms with Gasteiger partial charge in [0, 0.05) is 23.7 Å². The Morgan fingerprint density at radius 2 is 1.67 bits per heavy atom. The fourth-order valence-corrected chi connectivity index (χ4v) is 3.01. The highest BCUT2D eigenvalue weighted by Gasteiger charge is 2.15. The fourth-order valence-electron chi connectivity index (χ4n) is 2.26. The standard InChI is InChI=1S/C16H11Cl3N2/c1-20-13-8-12(9-5-3-2-4-6-9)21-16-11(18)7-10(17)15(19)14(13)16/h2-8H,1H3,(H,20,21). The summed E-state index contributed by atoms with van der Waals surface area (Å²) in [6.07, 6.45) is 0. The Morgan fingerprint density at radius 1 is 0.952 bits per heavy atom. The summed E-state index contributed by atoms with van der Waals surface area (Å²) in [5.41, 5.74) is 3.32. The van der Waals surface area contributed by atoms with Gasteiger partial charge in [-0.1, -0.05) is 65.1 Å². The van der Waals surface area contributed by atoms with Gasteiger partial charge >= 0.3 is 0 Å². The summed E-state index contributed by atoms with van der Waals surface area (Å²) in [5.74, 6) is 0. The highest BCUT2D eigenvalue weighted by molar-refractivity contribution is 6.48. The number of nitrogens with zero attached hydrogens (tertiary/aromatic N) is 1. The van der Waals surface area contributed by atoms with Crippen LogP contribution < -0.4 is 5.32 Å². The van der Waals surface area contributed by atoms with E-state index < -0.39 is 0 Å². The highest BCUT2D eigenvalue weighted by atomic mass is 35.5. The molecule has 1 heterocycles. The van der Waals surface area contributed by atoms with Gasteiger partial charge in [-0.2, -0.15) is 0 Å². The predicted octanol–water partition coefficient (Wildman–Crippen LogP) is 5.90. The monoisotopic (exact) mass is 336 g/mol. The van der Waals surface area contributed by atoms with Gasteiger partial charge in [-0.05, 0) is 12.1 Å². The number of hydrogen-bond donors (Lipinski definition) is 1. The van der Waals surface area contributed by atoms with E-state index in [0.717, 1.165) is 22.3 Å². The molecule has 2 aromatic carbocycles. The molecule has 5 heteroatoms. The quantitative estimate of drug-likeness (QED) is 0.588. The first-order chi connectivity index (χ1) is 10.1. The number of aromatic nitrogens is 1. The minimum absolute atomic E-state index is 0.417. The van der Waals surface area contributed by atoms with Gasteiger partial charge in [0.25, 0.3) is 0 Å². The second kappa shape index (κ2) is 5.72. The molecule has 0 saturated heterocycles. The molecule has 0 bridgehead atoms. The van der Waals surface area contributed by atoms with Crippen molar-refractivity contribution in [1.29, 1.82) is 0 Å². The summed E-state index contributed by atoms with van der Waals surface area (Å²) in [6, 6.07) is 13.5. The van der Waals surface area contributed by atoms with Crippen LogP contribution in [0.4, 0.5) is 5.69 Å². The number of hydrogen-bond acceptors (Lipinski definition) is 2. The van der Waals surface area contributed by atoms with E-state index in [2.05, 4.69) is 10.3 Å². The lowest BCUT2D eigenvalue weighted by Crippen LogP contribution is -1.95. The molecule has 0 saturated carbocycles. The second-order valence-electron chi connectivity index (χ2n) is 4.55.